The lowest BCUT2D eigenvalue weighted by Gasteiger charge is -2.00. The first-order valence-electron chi connectivity index (χ1n) is 5.38. The molecular weight excluding hydrogens is 218 g/mol. The first-order chi connectivity index (χ1) is 7.86. The number of carbonyl (C=O) groups excluding carboxylic acids is 1. The highest BCUT2D eigenvalue weighted by atomic mass is 32.1. The van der Waals surface area contributed by atoms with Crippen LogP contribution in [0.3, 0.4) is 0 Å². The van der Waals surface area contributed by atoms with Crippen LogP contribution in [0.5, 0.6) is 0 Å². The SMILES string of the molecule is O=Cc1csc(-c2cccc(C3CC3)c2)n1. The molecule has 80 valence electrons. The second-order valence-electron chi connectivity index (χ2n) is 4.10. The van der Waals surface area contributed by atoms with Crippen molar-refractivity contribution in [1.29, 1.82) is 0 Å². The zero-order valence-electron chi connectivity index (χ0n) is 8.72. The van der Waals surface area contributed by atoms with Gasteiger partial charge in [0.1, 0.15) is 10.7 Å². The van der Waals surface area contributed by atoms with Gasteiger partial charge in [-0.15, -0.1) is 11.3 Å². The molecule has 0 aliphatic heterocycles. The summed E-state index contributed by atoms with van der Waals surface area (Å²) in [6.45, 7) is 0. The second kappa shape index (κ2) is 3.83. The normalized spacial score (nSPS) is 15.0. The van der Waals surface area contributed by atoms with Crippen molar-refractivity contribution >= 4 is 17.6 Å². The van der Waals surface area contributed by atoms with Gasteiger partial charge < -0.3 is 0 Å². The van der Waals surface area contributed by atoms with Crippen LogP contribution < -0.4 is 0 Å². The van der Waals surface area contributed by atoms with Gasteiger partial charge in [0.2, 0.25) is 0 Å². The molecule has 16 heavy (non-hydrogen) atoms. The van der Waals surface area contributed by atoms with Gasteiger partial charge in [0, 0.05) is 10.9 Å². The van der Waals surface area contributed by atoms with Gasteiger partial charge >= 0.3 is 0 Å². The van der Waals surface area contributed by atoms with Crippen molar-refractivity contribution in [3.05, 3.63) is 40.9 Å². The van der Waals surface area contributed by atoms with E-state index in [-0.39, 0.29) is 0 Å². The molecule has 3 rings (SSSR count). The zero-order valence-corrected chi connectivity index (χ0v) is 9.54. The van der Waals surface area contributed by atoms with Crippen molar-refractivity contribution in [3.8, 4) is 10.6 Å². The number of hydrogen-bond acceptors (Lipinski definition) is 3. The molecule has 1 aliphatic rings. The maximum Gasteiger partial charge on any atom is 0.169 e. The fourth-order valence-electron chi connectivity index (χ4n) is 1.82. The summed E-state index contributed by atoms with van der Waals surface area (Å²) < 4.78 is 0. The molecule has 0 bridgehead atoms. The quantitative estimate of drug-likeness (QED) is 0.754. The standard InChI is InChI=1S/C13H11NOS/c15-7-12-8-16-13(14-12)11-3-1-2-10(6-11)9-4-5-9/h1-3,6-9H,4-5H2. The molecule has 1 saturated carbocycles. The van der Waals surface area contributed by atoms with E-state index in [1.165, 1.54) is 29.7 Å². The van der Waals surface area contributed by atoms with Gasteiger partial charge in [0.25, 0.3) is 0 Å². The van der Waals surface area contributed by atoms with Gasteiger partial charge in [-0.25, -0.2) is 4.98 Å². The summed E-state index contributed by atoms with van der Waals surface area (Å²) in [6, 6.07) is 8.50. The summed E-state index contributed by atoms with van der Waals surface area (Å²) in [5.41, 5.74) is 3.06. The Balaban J connectivity index is 1.98. The van der Waals surface area contributed by atoms with E-state index in [0.717, 1.165) is 22.8 Å². The average Bonchev–Trinajstić information content (AvgIpc) is 3.07. The molecule has 2 nitrogen and oxygen atoms in total. The minimum absolute atomic E-state index is 0.525. The lowest BCUT2D eigenvalue weighted by Crippen LogP contribution is -1.83. The van der Waals surface area contributed by atoms with Crippen molar-refractivity contribution in [3.63, 3.8) is 0 Å². The third-order valence-electron chi connectivity index (χ3n) is 2.83. The predicted octanol–water partition coefficient (Wildman–Crippen LogP) is 3.50. The maximum atomic E-state index is 10.6. The van der Waals surface area contributed by atoms with E-state index in [9.17, 15) is 4.79 Å². The Morgan fingerprint density at radius 3 is 2.94 bits per heavy atom. The van der Waals surface area contributed by atoms with Crippen molar-refractivity contribution in [2.75, 3.05) is 0 Å². The van der Waals surface area contributed by atoms with E-state index >= 15 is 0 Å². The van der Waals surface area contributed by atoms with Crippen LogP contribution in [0.4, 0.5) is 0 Å². The first-order valence-corrected chi connectivity index (χ1v) is 6.26. The highest BCUT2D eigenvalue weighted by Crippen LogP contribution is 2.41. The van der Waals surface area contributed by atoms with Crippen LogP contribution in [-0.2, 0) is 0 Å². The number of benzene rings is 1. The summed E-state index contributed by atoms with van der Waals surface area (Å²) in [6.07, 6.45) is 3.41. The molecule has 1 heterocycles. The number of aldehydes is 1. The van der Waals surface area contributed by atoms with E-state index in [1.54, 1.807) is 5.38 Å². The minimum atomic E-state index is 0.525. The topological polar surface area (TPSA) is 30.0 Å². The monoisotopic (exact) mass is 229 g/mol. The highest BCUT2D eigenvalue weighted by molar-refractivity contribution is 7.13. The fourth-order valence-corrected chi connectivity index (χ4v) is 2.58. The van der Waals surface area contributed by atoms with Crippen LogP contribution in [0.1, 0.15) is 34.8 Å². The molecule has 0 N–H and O–H groups in total. The Labute approximate surface area is 98.0 Å². The van der Waals surface area contributed by atoms with Gasteiger partial charge in [-0.1, -0.05) is 18.2 Å². The number of thiazole rings is 1. The van der Waals surface area contributed by atoms with Crippen LogP contribution in [0.15, 0.2) is 29.6 Å². The Hall–Kier alpha value is -1.48. The van der Waals surface area contributed by atoms with Crippen molar-refractivity contribution in [1.82, 2.24) is 4.98 Å². The number of rotatable bonds is 3. The molecule has 0 atom stereocenters. The smallest absolute Gasteiger partial charge is 0.169 e. The van der Waals surface area contributed by atoms with Gasteiger partial charge in [-0.3, -0.25) is 4.79 Å². The third-order valence-corrected chi connectivity index (χ3v) is 3.73. The van der Waals surface area contributed by atoms with Crippen LogP contribution in [0.25, 0.3) is 10.6 Å². The number of nitrogens with zero attached hydrogens (tertiary/aromatic N) is 1. The lowest BCUT2D eigenvalue weighted by atomic mass is 10.1. The Morgan fingerprint density at radius 2 is 2.25 bits per heavy atom. The fraction of sp³-hybridized carbons (Fsp3) is 0.231. The molecule has 2 aromatic rings. The van der Waals surface area contributed by atoms with Crippen molar-refractivity contribution in [2.45, 2.75) is 18.8 Å². The first kappa shape index (κ1) is 9.73. The Morgan fingerprint density at radius 1 is 1.38 bits per heavy atom. The molecule has 1 aromatic heterocycles. The molecular formula is C13H11NOS. The van der Waals surface area contributed by atoms with Crippen LogP contribution in [-0.4, -0.2) is 11.3 Å². The van der Waals surface area contributed by atoms with Crippen LogP contribution in [0, 0.1) is 0 Å². The van der Waals surface area contributed by atoms with Crippen LogP contribution in [0.2, 0.25) is 0 Å². The zero-order chi connectivity index (χ0) is 11.0. The summed E-state index contributed by atoms with van der Waals surface area (Å²) >= 11 is 1.53. The van der Waals surface area contributed by atoms with Crippen LogP contribution >= 0.6 is 11.3 Å². The molecule has 0 radical (unpaired) electrons. The van der Waals surface area contributed by atoms with Gasteiger partial charge in [0.05, 0.1) is 0 Å². The molecule has 0 saturated heterocycles. The maximum absolute atomic E-state index is 10.6. The van der Waals surface area contributed by atoms with E-state index in [0.29, 0.717) is 5.69 Å². The highest BCUT2D eigenvalue weighted by Gasteiger charge is 2.23. The molecule has 0 spiro atoms. The molecule has 0 unspecified atom stereocenters. The van der Waals surface area contributed by atoms with Crippen molar-refractivity contribution < 1.29 is 4.79 Å². The number of carbonyl (C=O) groups is 1. The summed E-state index contributed by atoms with van der Waals surface area (Å²) in [5.74, 6) is 0.755. The van der Waals surface area contributed by atoms with E-state index in [4.69, 9.17) is 0 Å². The summed E-state index contributed by atoms with van der Waals surface area (Å²) in [5, 5.41) is 2.73. The van der Waals surface area contributed by atoms with Gasteiger partial charge in [0.15, 0.2) is 6.29 Å². The molecule has 1 fully saturated rings. The summed E-state index contributed by atoms with van der Waals surface area (Å²) in [7, 11) is 0. The molecule has 3 heteroatoms. The largest absolute Gasteiger partial charge is 0.296 e. The van der Waals surface area contributed by atoms with Gasteiger partial charge in [-0.2, -0.15) is 0 Å². The number of hydrogen-bond donors (Lipinski definition) is 0. The van der Waals surface area contributed by atoms with Crippen molar-refractivity contribution in [2.24, 2.45) is 0 Å². The molecule has 0 amide bonds. The Bertz CT molecular complexity index is 528. The lowest BCUT2D eigenvalue weighted by molar-refractivity contribution is 0.111. The molecule has 1 aromatic carbocycles. The molecule has 1 aliphatic carbocycles. The van der Waals surface area contributed by atoms with E-state index in [2.05, 4.69) is 29.2 Å². The predicted molar refractivity (Wildman–Crippen MR) is 64.9 cm³/mol. The summed E-state index contributed by atoms with van der Waals surface area (Å²) in [4.78, 5) is 14.9. The number of aromatic nitrogens is 1. The van der Waals surface area contributed by atoms with E-state index < -0.39 is 0 Å². The van der Waals surface area contributed by atoms with E-state index in [1.807, 2.05) is 0 Å². The Kier molecular flexibility index (Phi) is 2.33. The minimum Gasteiger partial charge on any atom is -0.296 e. The second-order valence-corrected chi connectivity index (χ2v) is 4.95. The third kappa shape index (κ3) is 1.78. The van der Waals surface area contributed by atoms with Gasteiger partial charge in [-0.05, 0) is 30.4 Å². The average molecular weight is 229 g/mol.